The first-order valence-electron chi connectivity index (χ1n) is 11.2. The molecule has 0 bridgehead atoms. The van der Waals surface area contributed by atoms with Crippen molar-refractivity contribution in [2.45, 2.75) is 32.1 Å². The SMILES string of the molecule is O=C(Cc1ccc(-n2cccc2)cc1)N1CCN(CC(=O)N2CCCCCC2)CC1. The molecule has 3 heterocycles. The summed E-state index contributed by atoms with van der Waals surface area (Å²) in [5.74, 6) is 0.418. The minimum absolute atomic E-state index is 0.169. The van der Waals surface area contributed by atoms with Gasteiger partial charge >= 0.3 is 0 Å². The summed E-state index contributed by atoms with van der Waals surface area (Å²) in [6, 6.07) is 12.2. The van der Waals surface area contributed by atoms with Gasteiger partial charge in [-0.05, 0) is 42.7 Å². The maximum atomic E-state index is 12.7. The first-order chi connectivity index (χ1) is 14.7. The number of piperazine rings is 1. The van der Waals surface area contributed by atoms with E-state index in [1.165, 1.54) is 12.8 Å². The number of amides is 2. The Morgan fingerprint density at radius 2 is 1.30 bits per heavy atom. The fourth-order valence-corrected chi connectivity index (χ4v) is 4.35. The Kier molecular flexibility index (Phi) is 6.84. The minimum atomic E-state index is 0.169. The Morgan fingerprint density at radius 3 is 1.93 bits per heavy atom. The van der Waals surface area contributed by atoms with Crippen molar-refractivity contribution in [1.29, 1.82) is 0 Å². The van der Waals surface area contributed by atoms with Crippen molar-refractivity contribution in [3.63, 3.8) is 0 Å². The lowest BCUT2D eigenvalue weighted by molar-refractivity contribution is -0.134. The zero-order valence-corrected chi connectivity index (χ0v) is 17.7. The van der Waals surface area contributed by atoms with E-state index < -0.39 is 0 Å². The Labute approximate surface area is 179 Å². The van der Waals surface area contributed by atoms with Crippen molar-refractivity contribution in [2.75, 3.05) is 45.8 Å². The number of likely N-dealkylation sites (tertiary alicyclic amines) is 1. The molecule has 6 heteroatoms. The molecule has 1 aromatic heterocycles. The Hall–Kier alpha value is -2.60. The average Bonchev–Trinajstić information content (AvgIpc) is 3.17. The third kappa shape index (κ3) is 5.30. The van der Waals surface area contributed by atoms with Crippen LogP contribution in [0.3, 0.4) is 0 Å². The lowest BCUT2D eigenvalue weighted by atomic mass is 10.1. The van der Waals surface area contributed by atoms with E-state index in [4.69, 9.17) is 0 Å². The van der Waals surface area contributed by atoms with E-state index >= 15 is 0 Å². The largest absolute Gasteiger partial charge is 0.342 e. The molecule has 2 fully saturated rings. The maximum absolute atomic E-state index is 12.7. The molecule has 2 amide bonds. The smallest absolute Gasteiger partial charge is 0.236 e. The molecular weight excluding hydrogens is 376 g/mol. The summed E-state index contributed by atoms with van der Waals surface area (Å²) in [5, 5.41) is 0. The minimum Gasteiger partial charge on any atom is -0.342 e. The van der Waals surface area contributed by atoms with Crippen LogP contribution >= 0.6 is 0 Å². The molecule has 0 saturated carbocycles. The molecule has 2 saturated heterocycles. The molecule has 0 atom stereocenters. The number of aromatic nitrogens is 1. The first-order valence-corrected chi connectivity index (χ1v) is 11.2. The maximum Gasteiger partial charge on any atom is 0.236 e. The van der Waals surface area contributed by atoms with Crippen molar-refractivity contribution in [2.24, 2.45) is 0 Å². The second-order valence-corrected chi connectivity index (χ2v) is 8.39. The van der Waals surface area contributed by atoms with E-state index in [0.717, 1.165) is 50.3 Å². The van der Waals surface area contributed by atoms with E-state index in [1.807, 2.05) is 46.5 Å². The van der Waals surface area contributed by atoms with Gasteiger partial charge in [-0.3, -0.25) is 14.5 Å². The number of hydrogen-bond donors (Lipinski definition) is 0. The molecular formula is C24H32N4O2. The topological polar surface area (TPSA) is 48.8 Å². The summed E-state index contributed by atoms with van der Waals surface area (Å²) in [7, 11) is 0. The highest BCUT2D eigenvalue weighted by Gasteiger charge is 2.24. The van der Waals surface area contributed by atoms with Crippen molar-refractivity contribution >= 4 is 11.8 Å². The summed E-state index contributed by atoms with van der Waals surface area (Å²) in [4.78, 5) is 31.5. The predicted octanol–water partition coefficient (Wildman–Crippen LogP) is 2.57. The molecule has 0 N–H and O–H groups in total. The standard InChI is InChI=1S/C24H32N4O2/c29-23(19-21-7-9-22(10-8-21)26-11-5-6-12-26)28-17-15-25(16-18-28)20-24(30)27-13-3-1-2-4-14-27/h5-12H,1-4,13-20H2. The number of rotatable bonds is 5. The monoisotopic (exact) mass is 408 g/mol. The third-order valence-electron chi connectivity index (χ3n) is 6.24. The Bertz CT molecular complexity index is 815. The van der Waals surface area contributed by atoms with Gasteiger partial charge < -0.3 is 14.4 Å². The summed E-state index contributed by atoms with van der Waals surface area (Å²) in [6.07, 6.45) is 9.17. The zero-order valence-electron chi connectivity index (χ0n) is 17.7. The van der Waals surface area contributed by atoms with Gasteiger partial charge in [0.15, 0.2) is 0 Å². The van der Waals surface area contributed by atoms with Gasteiger partial charge in [0, 0.05) is 57.3 Å². The van der Waals surface area contributed by atoms with E-state index in [1.54, 1.807) is 0 Å². The number of benzene rings is 1. The van der Waals surface area contributed by atoms with Crippen molar-refractivity contribution in [3.8, 4) is 5.69 Å². The number of carbonyl (C=O) groups excluding carboxylic acids is 2. The van der Waals surface area contributed by atoms with Crippen LogP contribution in [0.25, 0.3) is 5.69 Å². The molecule has 0 spiro atoms. The molecule has 0 aliphatic carbocycles. The van der Waals surface area contributed by atoms with Crippen LogP contribution in [0.2, 0.25) is 0 Å². The summed E-state index contributed by atoms with van der Waals surface area (Å²) in [5.41, 5.74) is 2.13. The number of hydrogen-bond acceptors (Lipinski definition) is 3. The highest BCUT2D eigenvalue weighted by molar-refractivity contribution is 5.79. The normalized spacial score (nSPS) is 18.3. The number of carbonyl (C=O) groups is 2. The van der Waals surface area contributed by atoms with Gasteiger partial charge in [0.05, 0.1) is 13.0 Å². The molecule has 0 unspecified atom stereocenters. The van der Waals surface area contributed by atoms with E-state index in [0.29, 0.717) is 26.1 Å². The molecule has 0 radical (unpaired) electrons. The van der Waals surface area contributed by atoms with Gasteiger partial charge in [0.2, 0.25) is 11.8 Å². The second-order valence-electron chi connectivity index (χ2n) is 8.39. The van der Waals surface area contributed by atoms with Crippen LogP contribution in [0.1, 0.15) is 31.2 Å². The Morgan fingerprint density at radius 1 is 0.700 bits per heavy atom. The fourth-order valence-electron chi connectivity index (χ4n) is 4.35. The molecule has 2 aromatic rings. The number of nitrogens with zero attached hydrogens (tertiary/aromatic N) is 4. The highest BCUT2D eigenvalue weighted by Crippen LogP contribution is 2.13. The van der Waals surface area contributed by atoms with Gasteiger partial charge in [0.25, 0.3) is 0 Å². The van der Waals surface area contributed by atoms with Crippen LogP contribution in [0.4, 0.5) is 0 Å². The lowest BCUT2D eigenvalue weighted by Crippen LogP contribution is -2.52. The highest BCUT2D eigenvalue weighted by atomic mass is 16.2. The van der Waals surface area contributed by atoms with E-state index in [-0.39, 0.29) is 11.8 Å². The Balaban J connectivity index is 1.22. The van der Waals surface area contributed by atoms with Crippen molar-refractivity contribution < 1.29 is 9.59 Å². The quantitative estimate of drug-likeness (QED) is 0.764. The molecule has 2 aliphatic rings. The van der Waals surface area contributed by atoms with Crippen LogP contribution in [0, 0.1) is 0 Å². The summed E-state index contributed by atoms with van der Waals surface area (Å²) in [6.45, 7) is 5.25. The van der Waals surface area contributed by atoms with Crippen molar-refractivity contribution in [3.05, 3.63) is 54.4 Å². The lowest BCUT2D eigenvalue weighted by Gasteiger charge is -2.35. The predicted molar refractivity (Wildman–Crippen MR) is 118 cm³/mol. The van der Waals surface area contributed by atoms with E-state index in [2.05, 4.69) is 21.6 Å². The van der Waals surface area contributed by atoms with Gasteiger partial charge in [-0.2, -0.15) is 0 Å². The van der Waals surface area contributed by atoms with Gasteiger partial charge in [-0.25, -0.2) is 0 Å². The molecule has 160 valence electrons. The second kappa shape index (κ2) is 9.94. The van der Waals surface area contributed by atoms with Gasteiger partial charge in [-0.1, -0.05) is 25.0 Å². The van der Waals surface area contributed by atoms with Gasteiger partial charge in [0.1, 0.15) is 0 Å². The van der Waals surface area contributed by atoms with E-state index in [9.17, 15) is 9.59 Å². The summed E-state index contributed by atoms with van der Waals surface area (Å²) >= 11 is 0. The molecule has 4 rings (SSSR count). The van der Waals surface area contributed by atoms with Crippen LogP contribution in [-0.2, 0) is 16.0 Å². The first kappa shape index (κ1) is 20.7. The molecule has 2 aliphatic heterocycles. The van der Waals surface area contributed by atoms with Crippen LogP contribution in [-0.4, -0.2) is 76.9 Å². The molecule has 6 nitrogen and oxygen atoms in total. The molecule has 1 aromatic carbocycles. The van der Waals surface area contributed by atoms with Crippen molar-refractivity contribution in [1.82, 2.24) is 19.3 Å². The fraction of sp³-hybridized carbons (Fsp3) is 0.500. The summed E-state index contributed by atoms with van der Waals surface area (Å²) < 4.78 is 2.05. The van der Waals surface area contributed by atoms with Crippen LogP contribution in [0.5, 0.6) is 0 Å². The van der Waals surface area contributed by atoms with Crippen LogP contribution in [0.15, 0.2) is 48.8 Å². The average molecular weight is 409 g/mol. The molecule has 30 heavy (non-hydrogen) atoms. The third-order valence-corrected chi connectivity index (χ3v) is 6.24. The van der Waals surface area contributed by atoms with Gasteiger partial charge in [-0.15, -0.1) is 0 Å². The zero-order chi connectivity index (χ0) is 20.8. The van der Waals surface area contributed by atoms with Crippen LogP contribution < -0.4 is 0 Å².